The van der Waals surface area contributed by atoms with Crippen molar-refractivity contribution in [2.24, 2.45) is 0 Å². The van der Waals surface area contributed by atoms with E-state index in [2.05, 4.69) is 46.9 Å². The molecule has 3 rings (SSSR count). The Kier molecular flexibility index (Phi) is 5.30. The number of nitrogens with one attached hydrogen (secondary N) is 2. The first-order valence-electron chi connectivity index (χ1n) is 7.93. The van der Waals surface area contributed by atoms with E-state index >= 15 is 0 Å². The highest BCUT2D eigenvalue weighted by molar-refractivity contribution is 7.80. The summed E-state index contributed by atoms with van der Waals surface area (Å²) in [5.41, 5.74) is 3.35. The van der Waals surface area contributed by atoms with Crippen LogP contribution in [0.15, 0.2) is 60.8 Å². The molecule has 0 saturated carbocycles. The van der Waals surface area contributed by atoms with E-state index < -0.39 is 0 Å². The van der Waals surface area contributed by atoms with Crippen LogP contribution in [-0.2, 0) is 6.54 Å². The highest BCUT2D eigenvalue weighted by Gasteiger charge is 2.03. The number of thiocarbonyl (C=S) groups is 1. The van der Waals surface area contributed by atoms with E-state index in [0.717, 1.165) is 18.0 Å². The van der Waals surface area contributed by atoms with Crippen LogP contribution in [0, 0.1) is 6.92 Å². The first-order chi connectivity index (χ1) is 12.1. The van der Waals surface area contributed by atoms with Gasteiger partial charge in [0.2, 0.25) is 0 Å². The first kappa shape index (κ1) is 17.0. The third-order valence-corrected chi connectivity index (χ3v) is 3.90. The van der Waals surface area contributed by atoms with Crippen LogP contribution in [0.1, 0.15) is 11.1 Å². The zero-order valence-electron chi connectivity index (χ0n) is 14.2. The summed E-state index contributed by atoms with van der Waals surface area (Å²) in [4.78, 5) is 0. The molecule has 2 N–H and O–H groups in total. The lowest BCUT2D eigenvalue weighted by atomic mass is 10.1. The number of nitrogens with zero attached hydrogens (tertiary/aromatic N) is 2. The van der Waals surface area contributed by atoms with Crippen molar-refractivity contribution in [1.29, 1.82) is 0 Å². The fourth-order valence-electron chi connectivity index (χ4n) is 2.35. The van der Waals surface area contributed by atoms with Crippen LogP contribution in [0.25, 0.3) is 0 Å². The summed E-state index contributed by atoms with van der Waals surface area (Å²) in [6.45, 7) is 2.80. The maximum absolute atomic E-state index is 5.33. The molecule has 0 spiro atoms. The number of hydrogen-bond donors (Lipinski definition) is 2. The van der Waals surface area contributed by atoms with Crippen molar-refractivity contribution >= 4 is 28.8 Å². The van der Waals surface area contributed by atoms with Gasteiger partial charge >= 0.3 is 0 Å². The van der Waals surface area contributed by atoms with Crippen molar-refractivity contribution in [3.8, 4) is 5.75 Å². The molecule has 0 aliphatic rings. The van der Waals surface area contributed by atoms with Gasteiger partial charge in [0.1, 0.15) is 5.75 Å². The molecule has 0 aliphatic heterocycles. The molecular formula is C19H20N4OS. The van der Waals surface area contributed by atoms with Crippen molar-refractivity contribution in [2.45, 2.75) is 13.5 Å². The fraction of sp³-hybridized carbons (Fsp3) is 0.158. The number of hydrogen-bond acceptors (Lipinski definition) is 3. The predicted molar refractivity (Wildman–Crippen MR) is 105 cm³/mol. The molecule has 0 amide bonds. The standard InChI is InChI=1S/C19H20N4OS/c1-14-3-5-15(6-4-14)13-23-12-11-18(22-23)21-19(25)20-16-7-9-17(24-2)10-8-16/h3-12H,13H2,1-2H3,(H2,20,21,22,25). The Bertz CT molecular complexity index is 841. The quantitative estimate of drug-likeness (QED) is 0.678. The largest absolute Gasteiger partial charge is 0.497 e. The van der Waals surface area contributed by atoms with E-state index in [1.807, 2.05) is 41.2 Å². The van der Waals surface area contributed by atoms with Gasteiger partial charge in [0, 0.05) is 18.0 Å². The Morgan fingerprint density at radius 2 is 1.76 bits per heavy atom. The summed E-state index contributed by atoms with van der Waals surface area (Å²) in [7, 11) is 1.64. The molecule has 0 radical (unpaired) electrons. The van der Waals surface area contributed by atoms with E-state index in [4.69, 9.17) is 17.0 Å². The fourth-order valence-corrected chi connectivity index (χ4v) is 2.57. The Morgan fingerprint density at radius 3 is 2.44 bits per heavy atom. The molecule has 25 heavy (non-hydrogen) atoms. The lowest BCUT2D eigenvalue weighted by molar-refractivity contribution is 0.415. The number of rotatable bonds is 5. The summed E-state index contributed by atoms with van der Waals surface area (Å²) in [6.07, 6.45) is 1.93. The van der Waals surface area contributed by atoms with Gasteiger partial charge in [-0.25, -0.2) is 0 Å². The molecule has 0 bridgehead atoms. The molecule has 0 atom stereocenters. The zero-order valence-corrected chi connectivity index (χ0v) is 15.0. The zero-order chi connectivity index (χ0) is 17.6. The second kappa shape index (κ2) is 7.81. The highest BCUT2D eigenvalue weighted by Crippen LogP contribution is 2.15. The smallest absolute Gasteiger partial charge is 0.176 e. The van der Waals surface area contributed by atoms with E-state index in [1.54, 1.807) is 7.11 Å². The summed E-state index contributed by atoms with van der Waals surface area (Å²) >= 11 is 5.33. The Hall–Kier alpha value is -2.86. The Morgan fingerprint density at radius 1 is 1.04 bits per heavy atom. The van der Waals surface area contributed by atoms with Gasteiger partial charge in [0.15, 0.2) is 10.9 Å². The topological polar surface area (TPSA) is 51.1 Å². The maximum atomic E-state index is 5.33. The molecule has 6 heteroatoms. The summed E-state index contributed by atoms with van der Waals surface area (Å²) in [5, 5.41) is 11.2. The normalized spacial score (nSPS) is 10.3. The molecule has 3 aromatic rings. The van der Waals surface area contributed by atoms with Gasteiger partial charge in [-0.05, 0) is 49.0 Å². The van der Waals surface area contributed by atoms with Crippen LogP contribution in [0.5, 0.6) is 5.75 Å². The Labute approximate surface area is 152 Å². The third kappa shape index (κ3) is 4.81. The Balaban J connectivity index is 1.56. The molecule has 0 fully saturated rings. The van der Waals surface area contributed by atoms with Crippen molar-refractivity contribution in [3.63, 3.8) is 0 Å². The minimum Gasteiger partial charge on any atom is -0.497 e. The number of ether oxygens (including phenoxy) is 1. The number of benzene rings is 2. The predicted octanol–water partition coefficient (Wildman–Crippen LogP) is 4.06. The van der Waals surface area contributed by atoms with Crippen LogP contribution in [0.4, 0.5) is 11.5 Å². The lowest BCUT2D eigenvalue weighted by Crippen LogP contribution is -2.19. The minimum absolute atomic E-state index is 0.491. The monoisotopic (exact) mass is 352 g/mol. The summed E-state index contributed by atoms with van der Waals surface area (Å²) < 4.78 is 7.02. The number of aryl methyl sites for hydroxylation is 1. The van der Waals surface area contributed by atoms with Crippen molar-refractivity contribution < 1.29 is 4.74 Å². The molecular weight excluding hydrogens is 332 g/mol. The number of methoxy groups -OCH3 is 1. The summed E-state index contributed by atoms with van der Waals surface area (Å²) in [6, 6.07) is 17.9. The van der Waals surface area contributed by atoms with Crippen LogP contribution in [0.2, 0.25) is 0 Å². The van der Waals surface area contributed by atoms with Crippen LogP contribution in [-0.4, -0.2) is 22.0 Å². The van der Waals surface area contributed by atoms with Crippen LogP contribution >= 0.6 is 12.2 Å². The minimum atomic E-state index is 0.491. The molecule has 1 aromatic heterocycles. The second-order valence-electron chi connectivity index (χ2n) is 5.69. The van der Waals surface area contributed by atoms with Gasteiger partial charge < -0.3 is 15.4 Å². The average molecular weight is 352 g/mol. The molecule has 1 heterocycles. The van der Waals surface area contributed by atoms with Crippen LogP contribution < -0.4 is 15.4 Å². The van der Waals surface area contributed by atoms with Crippen LogP contribution in [0.3, 0.4) is 0 Å². The van der Waals surface area contributed by atoms with Crippen molar-refractivity contribution in [1.82, 2.24) is 9.78 Å². The number of aromatic nitrogens is 2. The van der Waals surface area contributed by atoms with Gasteiger partial charge in [-0.1, -0.05) is 29.8 Å². The maximum Gasteiger partial charge on any atom is 0.176 e. The van der Waals surface area contributed by atoms with Gasteiger partial charge in [0.05, 0.1) is 13.7 Å². The van der Waals surface area contributed by atoms with E-state index in [-0.39, 0.29) is 0 Å². The molecule has 0 unspecified atom stereocenters. The van der Waals surface area contributed by atoms with E-state index in [1.165, 1.54) is 11.1 Å². The number of anilines is 2. The van der Waals surface area contributed by atoms with Crippen molar-refractivity contribution in [3.05, 3.63) is 71.9 Å². The molecule has 5 nitrogen and oxygen atoms in total. The molecule has 0 aliphatic carbocycles. The average Bonchev–Trinajstić information content (AvgIpc) is 3.04. The molecule has 0 saturated heterocycles. The van der Waals surface area contributed by atoms with Gasteiger partial charge in [0.25, 0.3) is 0 Å². The second-order valence-corrected chi connectivity index (χ2v) is 6.10. The highest BCUT2D eigenvalue weighted by atomic mass is 32.1. The van der Waals surface area contributed by atoms with E-state index in [9.17, 15) is 0 Å². The van der Waals surface area contributed by atoms with Crippen molar-refractivity contribution in [2.75, 3.05) is 17.7 Å². The molecule has 2 aromatic carbocycles. The van der Waals surface area contributed by atoms with E-state index in [0.29, 0.717) is 10.9 Å². The third-order valence-electron chi connectivity index (χ3n) is 3.70. The van der Waals surface area contributed by atoms with Gasteiger partial charge in [-0.3, -0.25) is 4.68 Å². The lowest BCUT2D eigenvalue weighted by Gasteiger charge is -2.09. The SMILES string of the molecule is COc1ccc(NC(=S)Nc2ccn(Cc3ccc(C)cc3)n2)cc1. The van der Waals surface area contributed by atoms with Gasteiger partial charge in [-0.15, -0.1) is 0 Å². The molecule has 128 valence electrons. The first-order valence-corrected chi connectivity index (χ1v) is 8.34. The summed E-state index contributed by atoms with van der Waals surface area (Å²) in [5.74, 6) is 1.51. The van der Waals surface area contributed by atoms with Gasteiger partial charge in [-0.2, -0.15) is 5.10 Å².